The lowest BCUT2D eigenvalue weighted by atomic mass is 9.94. The van der Waals surface area contributed by atoms with E-state index in [1.54, 1.807) is 48.5 Å². The van der Waals surface area contributed by atoms with Crippen molar-refractivity contribution >= 4 is 29.0 Å². The molecular weight excluding hydrogens is 393 g/mol. The summed E-state index contributed by atoms with van der Waals surface area (Å²) in [5.41, 5.74) is 2.48. The van der Waals surface area contributed by atoms with Crippen LogP contribution in [0.2, 0.25) is 5.02 Å². The van der Waals surface area contributed by atoms with Crippen LogP contribution in [-0.4, -0.2) is 20.5 Å². The number of anilines is 1. The predicted octanol–water partition coefficient (Wildman–Crippen LogP) is 4.57. The van der Waals surface area contributed by atoms with E-state index >= 15 is 0 Å². The molecule has 0 saturated carbocycles. The number of nitrogens with one attached hydrogen (secondary N) is 1. The highest BCUT2D eigenvalue weighted by molar-refractivity contribution is 6.30. The number of alkyl halides is 3. The Morgan fingerprint density at radius 3 is 2.39 bits per heavy atom. The number of Topliss-reactive ketones (excluding diaryl/α,β-unsaturated/α-hetero) is 1. The molecule has 1 atom stereocenters. The van der Waals surface area contributed by atoms with Crippen LogP contribution < -0.4 is 5.32 Å². The standard InChI is InChI=1S/C19H10ClF3N4O/c20-10-7-5-9(6-8-10)15-13-14(11-3-1-2-4-12(11)16(13)28)24-18-25-17(19(21,22)23)26-27(15)18/h1-8,15H,(H,24,25,26)/t15-/m1/s1. The third-order valence-electron chi connectivity index (χ3n) is 4.78. The highest BCUT2D eigenvalue weighted by Crippen LogP contribution is 2.45. The van der Waals surface area contributed by atoms with Crippen molar-refractivity contribution in [2.45, 2.75) is 12.2 Å². The van der Waals surface area contributed by atoms with E-state index in [0.717, 1.165) is 4.68 Å². The molecule has 2 aromatic carbocycles. The fourth-order valence-electron chi connectivity index (χ4n) is 3.59. The van der Waals surface area contributed by atoms with Crippen molar-refractivity contribution in [3.05, 3.63) is 81.6 Å². The summed E-state index contributed by atoms with van der Waals surface area (Å²) < 4.78 is 40.7. The van der Waals surface area contributed by atoms with Crippen molar-refractivity contribution in [2.24, 2.45) is 0 Å². The third-order valence-corrected chi connectivity index (χ3v) is 5.03. The SMILES string of the molecule is O=C1C2=C(Nc3nc(C(F)(F)F)nn3[C@@H]2c2ccc(Cl)cc2)c2ccccc21. The zero-order valence-corrected chi connectivity index (χ0v) is 14.7. The second-order valence-corrected chi connectivity index (χ2v) is 6.88. The van der Waals surface area contributed by atoms with E-state index in [1.807, 2.05) is 0 Å². The van der Waals surface area contributed by atoms with Gasteiger partial charge in [0.05, 0.1) is 11.3 Å². The highest BCUT2D eigenvalue weighted by Gasteiger charge is 2.44. The van der Waals surface area contributed by atoms with E-state index in [0.29, 0.717) is 33.0 Å². The number of benzene rings is 2. The fourth-order valence-corrected chi connectivity index (χ4v) is 3.72. The Bertz CT molecular complexity index is 1160. The Balaban J connectivity index is 1.75. The molecule has 1 N–H and O–H groups in total. The molecule has 5 nitrogen and oxygen atoms in total. The molecule has 0 amide bonds. The van der Waals surface area contributed by atoms with E-state index in [9.17, 15) is 18.0 Å². The minimum atomic E-state index is -4.71. The van der Waals surface area contributed by atoms with Crippen molar-refractivity contribution < 1.29 is 18.0 Å². The van der Waals surface area contributed by atoms with Gasteiger partial charge in [-0.25, -0.2) is 4.68 Å². The van der Waals surface area contributed by atoms with E-state index in [-0.39, 0.29) is 11.7 Å². The number of hydrogen-bond donors (Lipinski definition) is 1. The Kier molecular flexibility index (Phi) is 3.45. The summed E-state index contributed by atoms with van der Waals surface area (Å²) in [4.78, 5) is 16.7. The Morgan fingerprint density at radius 1 is 1.04 bits per heavy atom. The molecule has 1 aliphatic carbocycles. The number of allylic oxidation sites excluding steroid dienone is 1. The molecule has 0 saturated heterocycles. The topological polar surface area (TPSA) is 59.8 Å². The highest BCUT2D eigenvalue weighted by atomic mass is 35.5. The summed E-state index contributed by atoms with van der Waals surface area (Å²) in [7, 11) is 0. The van der Waals surface area contributed by atoms with Crippen LogP contribution in [0.1, 0.15) is 33.4 Å². The number of aromatic nitrogens is 3. The zero-order chi connectivity index (χ0) is 19.6. The summed E-state index contributed by atoms with van der Waals surface area (Å²) in [6, 6.07) is 12.7. The van der Waals surface area contributed by atoms with Crippen LogP contribution in [0.5, 0.6) is 0 Å². The molecule has 0 spiro atoms. The lowest BCUT2D eigenvalue weighted by Crippen LogP contribution is -2.25. The first-order valence-electron chi connectivity index (χ1n) is 8.29. The third kappa shape index (κ3) is 2.37. The van der Waals surface area contributed by atoms with Gasteiger partial charge < -0.3 is 5.32 Å². The molecule has 9 heteroatoms. The van der Waals surface area contributed by atoms with Gasteiger partial charge in [0.25, 0.3) is 5.82 Å². The molecule has 2 heterocycles. The number of hydrogen-bond acceptors (Lipinski definition) is 4. The maximum absolute atomic E-state index is 13.2. The van der Waals surface area contributed by atoms with Crippen molar-refractivity contribution in [2.75, 3.05) is 5.32 Å². The first kappa shape index (κ1) is 17.0. The van der Waals surface area contributed by atoms with Crippen LogP contribution in [0.15, 0.2) is 54.1 Å². The van der Waals surface area contributed by atoms with Crippen LogP contribution >= 0.6 is 11.6 Å². The molecule has 2 aliphatic rings. The van der Waals surface area contributed by atoms with Crippen molar-refractivity contribution in [1.29, 1.82) is 0 Å². The number of halogens is 4. The predicted molar refractivity (Wildman–Crippen MR) is 95.9 cm³/mol. The fraction of sp³-hybridized carbons (Fsp3) is 0.105. The van der Waals surface area contributed by atoms with Gasteiger partial charge >= 0.3 is 6.18 Å². The van der Waals surface area contributed by atoms with Crippen LogP contribution in [0.4, 0.5) is 19.1 Å². The number of ketones is 1. The summed E-state index contributed by atoms with van der Waals surface area (Å²) in [6.45, 7) is 0. The lowest BCUT2D eigenvalue weighted by molar-refractivity contribution is -0.145. The van der Waals surface area contributed by atoms with E-state index in [1.165, 1.54) is 0 Å². The van der Waals surface area contributed by atoms with Gasteiger partial charge in [0.1, 0.15) is 6.04 Å². The van der Waals surface area contributed by atoms with Crippen molar-refractivity contribution in [1.82, 2.24) is 14.8 Å². The van der Waals surface area contributed by atoms with Crippen molar-refractivity contribution in [3.63, 3.8) is 0 Å². The molecule has 0 fully saturated rings. The minimum Gasteiger partial charge on any atom is -0.323 e. The molecule has 1 aliphatic heterocycles. The largest absolute Gasteiger partial charge is 0.453 e. The van der Waals surface area contributed by atoms with Gasteiger partial charge in [-0.1, -0.05) is 48.0 Å². The van der Waals surface area contributed by atoms with E-state index in [2.05, 4.69) is 15.4 Å². The number of carbonyl (C=O) groups excluding carboxylic acids is 1. The van der Waals surface area contributed by atoms with Crippen LogP contribution in [0, 0.1) is 0 Å². The van der Waals surface area contributed by atoms with Gasteiger partial charge in [-0.2, -0.15) is 18.2 Å². The number of carbonyl (C=O) groups is 1. The maximum atomic E-state index is 13.2. The molecule has 140 valence electrons. The quantitative estimate of drug-likeness (QED) is 0.647. The average Bonchev–Trinajstić information content (AvgIpc) is 3.22. The first-order chi connectivity index (χ1) is 13.3. The van der Waals surface area contributed by atoms with Crippen LogP contribution in [0.25, 0.3) is 5.70 Å². The van der Waals surface area contributed by atoms with Gasteiger partial charge in [0, 0.05) is 16.1 Å². The Hall–Kier alpha value is -3.13. The summed E-state index contributed by atoms with van der Waals surface area (Å²) in [5.74, 6) is -1.60. The molecule has 3 aromatic rings. The van der Waals surface area contributed by atoms with Crippen molar-refractivity contribution in [3.8, 4) is 0 Å². The van der Waals surface area contributed by atoms with Crippen LogP contribution in [0.3, 0.4) is 0 Å². The normalized spacial score (nSPS) is 17.9. The number of fused-ring (bicyclic) bond motifs is 3. The van der Waals surface area contributed by atoms with Gasteiger partial charge in [-0.3, -0.25) is 4.79 Å². The maximum Gasteiger partial charge on any atom is 0.453 e. The zero-order valence-electron chi connectivity index (χ0n) is 14.0. The Morgan fingerprint density at radius 2 is 1.71 bits per heavy atom. The second kappa shape index (κ2) is 5.68. The van der Waals surface area contributed by atoms with Gasteiger partial charge in [0.15, 0.2) is 5.78 Å². The molecular formula is C19H10ClF3N4O. The summed E-state index contributed by atoms with van der Waals surface area (Å²) in [5, 5.41) is 7.00. The molecule has 5 rings (SSSR count). The molecule has 1 aromatic heterocycles. The van der Waals surface area contributed by atoms with E-state index < -0.39 is 18.0 Å². The number of rotatable bonds is 1. The minimum absolute atomic E-state index is 0.0736. The van der Waals surface area contributed by atoms with Gasteiger partial charge in [-0.05, 0) is 17.7 Å². The van der Waals surface area contributed by atoms with Gasteiger partial charge in [-0.15, -0.1) is 5.10 Å². The first-order valence-corrected chi connectivity index (χ1v) is 8.67. The monoisotopic (exact) mass is 402 g/mol. The Labute approximate surface area is 161 Å². The van der Waals surface area contributed by atoms with Gasteiger partial charge in [0.2, 0.25) is 5.95 Å². The molecule has 0 radical (unpaired) electrons. The summed E-state index contributed by atoms with van der Waals surface area (Å²) in [6.07, 6.45) is -4.71. The average molecular weight is 403 g/mol. The molecule has 0 bridgehead atoms. The molecule has 0 unspecified atom stereocenters. The second-order valence-electron chi connectivity index (χ2n) is 6.44. The lowest BCUT2D eigenvalue weighted by Gasteiger charge is -2.26. The smallest absolute Gasteiger partial charge is 0.323 e. The number of nitrogens with zero attached hydrogens (tertiary/aromatic N) is 3. The molecule has 28 heavy (non-hydrogen) atoms. The van der Waals surface area contributed by atoms with E-state index in [4.69, 9.17) is 11.6 Å². The van der Waals surface area contributed by atoms with Crippen LogP contribution in [-0.2, 0) is 6.18 Å². The summed E-state index contributed by atoms with van der Waals surface area (Å²) >= 11 is 5.95.